The Kier molecular flexibility index (Phi) is 6.09. The molecule has 0 saturated carbocycles. The lowest BCUT2D eigenvalue weighted by Crippen LogP contribution is -2.38. The van der Waals surface area contributed by atoms with Gasteiger partial charge in [-0.25, -0.2) is 4.99 Å². The SMILES string of the molecule is COc1ccc(-c2ccc(/C=C3/N=C(N)N(CCCc4ccccc4)C3=O)o2)cc1Cl. The van der Waals surface area contributed by atoms with Crippen LogP contribution in [-0.2, 0) is 11.2 Å². The van der Waals surface area contributed by atoms with E-state index in [2.05, 4.69) is 17.1 Å². The molecule has 0 bridgehead atoms. The molecule has 4 rings (SSSR count). The maximum atomic E-state index is 12.7. The average molecular weight is 436 g/mol. The number of methoxy groups -OCH3 is 1. The number of furan rings is 1. The van der Waals surface area contributed by atoms with Crippen molar-refractivity contribution in [3.63, 3.8) is 0 Å². The number of rotatable bonds is 7. The van der Waals surface area contributed by atoms with Gasteiger partial charge in [0.15, 0.2) is 0 Å². The molecule has 0 fully saturated rings. The predicted molar refractivity (Wildman–Crippen MR) is 122 cm³/mol. The van der Waals surface area contributed by atoms with Gasteiger partial charge in [0.2, 0.25) is 5.96 Å². The third-order valence-electron chi connectivity index (χ3n) is 5.01. The highest BCUT2D eigenvalue weighted by molar-refractivity contribution is 6.32. The van der Waals surface area contributed by atoms with Gasteiger partial charge in [-0.2, -0.15) is 0 Å². The number of halogens is 1. The fraction of sp³-hybridized carbons (Fsp3) is 0.167. The second-order valence-electron chi connectivity index (χ2n) is 7.10. The number of carbonyl (C=O) groups excluding carboxylic acids is 1. The molecule has 158 valence electrons. The Hall–Kier alpha value is -3.51. The number of carbonyl (C=O) groups is 1. The maximum Gasteiger partial charge on any atom is 0.279 e. The van der Waals surface area contributed by atoms with E-state index >= 15 is 0 Å². The van der Waals surface area contributed by atoms with E-state index in [1.165, 1.54) is 10.5 Å². The van der Waals surface area contributed by atoms with Crippen LogP contribution in [0.2, 0.25) is 5.02 Å². The summed E-state index contributed by atoms with van der Waals surface area (Å²) in [6.45, 7) is 0.508. The smallest absolute Gasteiger partial charge is 0.279 e. The second-order valence-corrected chi connectivity index (χ2v) is 7.50. The van der Waals surface area contributed by atoms with Crippen molar-refractivity contribution in [2.45, 2.75) is 12.8 Å². The minimum absolute atomic E-state index is 0.207. The standard InChI is InChI=1S/C24H22ClN3O3/c1-30-22-11-9-17(14-19(22)25)21-12-10-18(31-21)15-20-23(29)28(24(26)27-20)13-5-8-16-6-3-2-4-7-16/h2-4,6-7,9-12,14-15H,5,8,13H2,1H3,(H2,26,27)/b20-15+. The van der Waals surface area contributed by atoms with E-state index < -0.39 is 0 Å². The Labute approximate surface area is 185 Å². The van der Waals surface area contributed by atoms with E-state index in [1.54, 1.807) is 31.4 Å². The van der Waals surface area contributed by atoms with Crippen molar-refractivity contribution in [2.75, 3.05) is 13.7 Å². The number of ether oxygens (including phenoxy) is 1. The molecule has 1 aromatic heterocycles. The fourth-order valence-electron chi connectivity index (χ4n) is 3.41. The molecule has 0 unspecified atom stereocenters. The zero-order valence-electron chi connectivity index (χ0n) is 17.0. The molecule has 0 spiro atoms. The molecule has 2 heterocycles. The molecule has 1 amide bonds. The number of hydrogen-bond donors (Lipinski definition) is 1. The fourth-order valence-corrected chi connectivity index (χ4v) is 3.67. The first-order valence-corrected chi connectivity index (χ1v) is 10.3. The van der Waals surface area contributed by atoms with Crippen molar-refractivity contribution in [3.8, 4) is 17.1 Å². The third kappa shape index (κ3) is 4.64. The Bertz CT molecular complexity index is 1150. The molecule has 2 N–H and O–H groups in total. The van der Waals surface area contributed by atoms with Gasteiger partial charge in [0.25, 0.3) is 5.91 Å². The summed E-state index contributed by atoms with van der Waals surface area (Å²) < 4.78 is 11.0. The summed E-state index contributed by atoms with van der Waals surface area (Å²) >= 11 is 6.20. The van der Waals surface area contributed by atoms with Crippen molar-refractivity contribution in [2.24, 2.45) is 10.7 Å². The molecule has 6 nitrogen and oxygen atoms in total. The molecule has 0 atom stereocenters. The molecular formula is C24H22ClN3O3. The highest BCUT2D eigenvalue weighted by atomic mass is 35.5. The minimum Gasteiger partial charge on any atom is -0.495 e. The van der Waals surface area contributed by atoms with Crippen molar-refractivity contribution in [1.29, 1.82) is 0 Å². The van der Waals surface area contributed by atoms with Gasteiger partial charge in [-0.05, 0) is 48.7 Å². The summed E-state index contributed by atoms with van der Waals surface area (Å²) in [5, 5.41) is 0.491. The van der Waals surface area contributed by atoms with Gasteiger partial charge in [-0.15, -0.1) is 0 Å². The normalized spacial score (nSPS) is 14.9. The summed E-state index contributed by atoms with van der Waals surface area (Å²) in [6.07, 6.45) is 3.26. The molecule has 7 heteroatoms. The van der Waals surface area contributed by atoms with Crippen molar-refractivity contribution >= 4 is 29.5 Å². The van der Waals surface area contributed by atoms with Gasteiger partial charge in [0, 0.05) is 18.2 Å². The van der Waals surface area contributed by atoms with Crippen LogP contribution in [0.5, 0.6) is 5.75 Å². The van der Waals surface area contributed by atoms with Crippen molar-refractivity contribution in [1.82, 2.24) is 4.90 Å². The topological polar surface area (TPSA) is 81.1 Å². The van der Waals surface area contributed by atoms with E-state index in [1.807, 2.05) is 30.3 Å². The zero-order valence-corrected chi connectivity index (χ0v) is 17.8. The number of hydrogen-bond acceptors (Lipinski definition) is 5. The van der Waals surface area contributed by atoms with Gasteiger partial charge in [-0.1, -0.05) is 41.9 Å². The first-order valence-electron chi connectivity index (χ1n) is 9.90. The van der Waals surface area contributed by atoms with Crippen molar-refractivity contribution < 1.29 is 13.9 Å². The molecule has 1 aliphatic rings. The first-order chi connectivity index (χ1) is 15.0. The maximum absolute atomic E-state index is 12.7. The molecule has 3 aromatic rings. The van der Waals surface area contributed by atoms with Gasteiger partial charge in [-0.3, -0.25) is 9.69 Å². The van der Waals surface area contributed by atoms with Crippen LogP contribution in [0.4, 0.5) is 0 Å². The molecule has 0 radical (unpaired) electrons. The minimum atomic E-state index is -0.226. The lowest BCUT2D eigenvalue weighted by molar-refractivity contribution is -0.122. The Morgan fingerprint density at radius 3 is 2.71 bits per heavy atom. The van der Waals surface area contributed by atoms with Gasteiger partial charge in [0.1, 0.15) is 23.0 Å². The van der Waals surface area contributed by atoms with E-state index in [0.717, 1.165) is 18.4 Å². The molecule has 31 heavy (non-hydrogen) atoms. The largest absolute Gasteiger partial charge is 0.495 e. The van der Waals surface area contributed by atoms with E-state index in [-0.39, 0.29) is 17.6 Å². The van der Waals surface area contributed by atoms with Crippen LogP contribution in [0.25, 0.3) is 17.4 Å². The Morgan fingerprint density at radius 1 is 1.16 bits per heavy atom. The average Bonchev–Trinajstić information content (AvgIpc) is 3.34. The number of amides is 1. The summed E-state index contributed by atoms with van der Waals surface area (Å²) in [7, 11) is 1.56. The van der Waals surface area contributed by atoms with Crippen LogP contribution in [-0.4, -0.2) is 30.4 Å². The molecule has 1 aliphatic heterocycles. The quantitative estimate of drug-likeness (QED) is 0.543. The van der Waals surface area contributed by atoms with Crippen molar-refractivity contribution in [3.05, 3.63) is 82.7 Å². The molecular weight excluding hydrogens is 414 g/mol. The van der Waals surface area contributed by atoms with Crippen LogP contribution in [0.15, 0.2) is 75.8 Å². The van der Waals surface area contributed by atoms with E-state index in [0.29, 0.717) is 28.8 Å². The monoisotopic (exact) mass is 435 g/mol. The van der Waals surface area contributed by atoms with E-state index in [4.69, 9.17) is 26.5 Å². The highest BCUT2D eigenvalue weighted by Gasteiger charge is 2.28. The number of aliphatic imine (C=N–C) groups is 1. The van der Waals surface area contributed by atoms with Gasteiger partial charge in [0.05, 0.1) is 12.1 Å². The Balaban J connectivity index is 1.43. The van der Waals surface area contributed by atoms with Gasteiger partial charge < -0.3 is 14.9 Å². The lowest BCUT2D eigenvalue weighted by Gasteiger charge is -2.14. The molecule has 0 saturated heterocycles. The highest BCUT2D eigenvalue weighted by Crippen LogP contribution is 2.31. The van der Waals surface area contributed by atoms with Crippen LogP contribution in [0.3, 0.4) is 0 Å². The van der Waals surface area contributed by atoms with Gasteiger partial charge >= 0.3 is 0 Å². The number of nitrogens with two attached hydrogens (primary N) is 1. The van der Waals surface area contributed by atoms with E-state index in [9.17, 15) is 4.79 Å². The molecule has 2 aromatic carbocycles. The second kappa shape index (κ2) is 9.10. The summed E-state index contributed by atoms with van der Waals surface area (Å²) in [5.74, 6) is 1.70. The predicted octanol–water partition coefficient (Wildman–Crippen LogP) is 4.74. The lowest BCUT2D eigenvalue weighted by atomic mass is 10.1. The van der Waals surface area contributed by atoms with Crippen LogP contribution >= 0.6 is 11.6 Å². The Morgan fingerprint density at radius 2 is 1.97 bits per heavy atom. The zero-order chi connectivity index (χ0) is 21.8. The van der Waals surface area contributed by atoms with Crippen LogP contribution < -0.4 is 10.5 Å². The number of nitrogens with zero attached hydrogens (tertiary/aromatic N) is 2. The van der Waals surface area contributed by atoms with Crippen LogP contribution in [0.1, 0.15) is 17.7 Å². The van der Waals surface area contributed by atoms with Crippen LogP contribution in [0, 0.1) is 0 Å². The number of benzene rings is 2. The third-order valence-corrected chi connectivity index (χ3v) is 5.30. The summed E-state index contributed by atoms with van der Waals surface area (Å²) in [4.78, 5) is 18.5. The summed E-state index contributed by atoms with van der Waals surface area (Å²) in [6, 6.07) is 19.1. The number of aryl methyl sites for hydroxylation is 1. The number of guanidine groups is 1. The molecule has 0 aliphatic carbocycles. The first kappa shape index (κ1) is 20.8. The summed E-state index contributed by atoms with van der Waals surface area (Å²) in [5.41, 5.74) is 8.27.